The van der Waals surface area contributed by atoms with Crippen molar-refractivity contribution in [3.05, 3.63) is 44.5 Å². The highest BCUT2D eigenvalue weighted by molar-refractivity contribution is 9.10. The Morgan fingerprint density at radius 3 is 2.76 bits per heavy atom. The molecule has 0 bridgehead atoms. The minimum absolute atomic E-state index is 0.0810. The molecule has 1 fully saturated rings. The lowest BCUT2D eigenvalue weighted by molar-refractivity contribution is -0.384. The van der Waals surface area contributed by atoms with Crippen molar-refractivity contribution in [3.63, 3.8) is 0 Å². The third-order valence-electron chi connectivity index (χ3n) is 4.00. The van der Waals surface area contributed by atoms with Crippen molar-refractivity contribution < 1.29 is 14.2 Å². The number of non-ortho nitro benzene ring substituents is 1. The van der Waals surface area contributed by atoms with Crippen LogP contribution in [0.5, 0.6) is 0 Å². The first-order valence-electron chi connectivity index (χ1n) is 7.78. The van der Waals surface area contributed by atoms with Crippen molar-refractivity contribution >= 4 is 27.3 Å². The maximum atomic E-state index is 10.8. The quantitative estimate of drug-likeness (QED) is 0.526. The van der Waals surface area contributed by atoms with Gasteiger partial charge in [0.25, 0.3) is 5.69 Å². The fraction of sp³-hybridized carbons (Fsp3) is 0.467. The van der Waals surface area contributed by atoms with E-state index in [1.807, 2.05) is 0 Å². The number of ether oxygens (including phenoxy) is 1. The number of anilines is 1. The molecule has 2 aromatic rings. The summed E-state index contributed by atoms with van der Waals surface area (Å²) in [6.07, 6.45) is 0. The molecule has 0 radical (unpaired) electrons. The van der Waals surface area contributed by atoms with E-state index in [1.165, 1.54) is 12.1 Å². The molecule has 0 atom stereocenters. The largest absolute Gasteiger partial charge is 0.377 e. The van der Waals surface area contributed by atoms with E-state index in [2.05, 4.69) is 35.9 Å². The average molecular weight is 412 g/mol. The molecular weight excluding hydrogens is 394 g/mol. The number of halogens is 1. The number of rotatable bonds is 6. The first-order chi connectivity index (χ1) is 12.1. The van der Waals surface area contributed by atoms with E-state index in [-0.39, 0.29) is 5.69 Å². The monoisotopic (exact) mass is 411 g/mol. The highest BCUT2D eigenvalue weighted by Crippen LogP contribution is 2.30. The van der Waals surface area contributed by atoms with Gasteiger partial charge >= 0.3 is 0 Å². The van der Waals surface area contributed by atoms with Crippen LogP contribution >= 0.6 is 15.9 Å². The lowest BCUT2D eigenvalue weighted by Crippen LogP contribution is -2.46. The SMILES string of the molecule is COCc1noc(CN2CCN(c3ccc([N+](=O)[O-])cc3Br)CC2)n1. The van der Waals surface area contributed by atoms with Crippen molar-refractivity contribution in [1.29, 1.82) is 0 Å². The Bertz CT molecular complexity index is 745. The first-order valence-corrected chi connectivity index (χ1v) is 8.58. The van der Waals surface area contributed by atoms with Gasteiger partial charge in [0.15, 0.2) is 5.82 Å². The maximum absolute atomic E-state index is 10.8. The summed E-state index contributed by atoms with van der Waals surface area (Å²) in [5.41, 5.74) is 1.04. The third kappa shape index (κ3) is 4.33. The Balaban J connectivity index is 1.57. The zero-order valence-corrected chi connectivity index (χ0v) is 15.3. The summed E-state index contributed by atoms with van der Waals surface area (Å²) in [5, 5.41) is 14.7. The zero-order chi connectivity index (χ0) is 17.8. The van der Waals surface area contributed by atoms with E-state index >= 15 is 0 Å². The molecule has 1 aliphatic heterocycles. The molecule has 9 nitrogen and oxygen atoms in total. The Morgan fingerprint density at radius 1 is 1.36 bits per heavy atom. The van der Waals surface area contributed by atoms with Crippen LogP contribution in [0.4, 0.5) is 11.4 Å². The molecule has 0 unspecified atom stereocenters. The molecule has 0 N–H and O–H groups in total. The molecule has 10 heteroatoms. The van der Waals surface area contributed by atoms with Gasteiger partial charge in [-0.2, -0.15) is 4.98 Å². The number of nitro benzene ring substituents is 1. The van der Waals surface area contributed by atoms with Crippen LogP contribution in [0, 0.1) is 10.1 Å². The van der Waals surface area contributed by atoms with E-state index in [0.29, 0.717) is 24.9 Å². The van der Waals surface area contributed by atoms with Gasteiger partial charge in [0.2, 0.25) is 5.89 Å². The lowest BCUT2D eigenvalue weighted by Gasteiger charge is -2.35. The molecule has 2 heterocycles. The summed E-state index contributed by atoms with van der Waals surface area (Å²) in [6.45, 7) is 4.25. The molecule has 1 aromatic heterocycles. The van der Waals surface area contributed by atoms with Gasteiger partial charge in [-0.25, -0.2) is 0 Å². The van der Waals surface area contributed by atoms with Crippen LogP contribution in [0.1, 0.15) is 11.7 Å². The van der Waals surface area contributed by atoms with E-state index in [4.69, 9.17) is 9.26 Å². The fourth-order valence-corrected chi connectivity index (χ4v) is 3.36. The van der Waals surface area contributed by atoms with E-state index < -0.39 is 4.92 Å². The minimum Gasteiger partial charge on any atom is -0.377 e. The van der Waals surface area contributed by atoms with Crippen molar-refractivity contribution in [2.45, 2.75) is 13.2 Å². The lowest BCUT2D eigenvalue weighted by atomic mass is 10.2. The summed E-state index contributed by atoms with van der Waals surface area (Å²) in [5.74, 6) is 1.13. The topological polar surface area (TPSA) is 97.8 Å². The summed E-state index contributed by atoms with van der Waals surface area (Å²) < 4.78 is 10.9. The number of nitrogens with zero attached hydrogens (tertiary/aromatic N) is 5. The van der Waals surface area contributed by atoms with Crippen LogP contribution in [0.15, 0.2) is 27.2 Å². The predicted molar refractivity (Wildman–Crippen MR) is 93.3 cm³/mol. The summed E-state index contributed by atoms with van der Waals surface area (Å²) in [6, 6.07) is 4.85. The Labute approximate surface area is 152 Å². The second-order valence-electron chi connectivity index (χ2n) is 5.69. The van der Waals surface area contributed by atoms with Crippen LogP contribution in [0.2, 0.25) is 0 Å². The van der Waals surface area contributed by atoms with Gasteiger partial charge in [-0.05, 0) is 22.0 Å². The number of benzene rings is 1. The van der Waals surface area contributed by atoms with E-state index in [9.17, 15) is 10.1 Å². The fourth-order valence-electron chi connectivity index (χ4n) is 2.75. The molecule has 1 aliphatic rings. The number of methoxy groups -OCH3 is 1. The molecule has 0 saturated carbocycles. The van der Waals surface area contributed by atoms with Gasteiger partial charge in [-0.1, -0.05) is 5.16 Å². The summed E-state index contributed by atoms with van der Waals surface area (Å²) in [7, 11) is 1.59. The van der Waals surface area contributed by atoms with Crippen molar-refractivity contribution in [3.8, 4) is 0 Å². The second kappa shape index (κ2) is 7.89. The van der Waals surface area contributed by atoms with Gasteiger partial charge < -0.3 is 14.2 Å². The van der Waals surface area contributed by atoms with E-state index in [1.54, 1.807) is 13.2 Å². The molecule has 3 rings (SSSR count). The standard InChI is InChI=1S/C15H18BrN5O4/c1-24-10-14-17-15(25-18-14)9-19-4-6-20(7-5-19)13-3-2-11(21(22)23)8-12(13)16/h2-3,8H,4-7,9-10H2,1H3. The second-order valence-corrected chi connectivity index (χ2v) is 6.55. The van der Waals surface area contributed by atoms with Crippen molar-refractivity contribution in [2.24, 2.45) is 0 Å². The molecule has 0 spiro atoms. The molecule has 0 amide bonds. The smallest absolute Gasteiger partial charge is 0.270 e. The predicted octanol–water partition coefficient (Wildman–Crippen LogP) is 2.21. The van der Waals surface area contributed by atoms with Gasteiger partial charge in [0.05, 0.1) is 17.2 Å². The maximum Gasteiger partial charge on any atom is 0.270 e. The number of piperazine rings is 1. The number of hydrogen-bond acceptors (Lipinski definition) is 8. The summed E-state index contributed by atoms with van der Waals surface area (Å²) in [4.78, 5) is 19.2. The van der Waals surface area contributed by atoms with Crippen LogP contribution in [-0.4, -0.2) is 53.3 Å². The molecular formula is C15H18BrN5O4. The Hall–Kier alpha value is -2.04. The number of aromatic nitrogens is 2. The van der Waals surface area contributed by atoms with Crippen molar-refractivity contribution in [2.75, 3.05) is 38.2 Å². The van der Waals surface area contributed by atoms with Crippen LogP contribution in [-0.2, 0) is 17.9 Å². The number of nitro groups is 1. The van der Waals surface area contributed by atoms with Gasteiger partial charge in [-0.15, -0.1) is 0 Å². The average Bonchev–Trinajstić information content (AvgIpc) is 3.03. The van der Waals surface area contributed by atoms with Crippen LogP contribution < -0.4 is 4.90 Å². The van der Waals surface area contributed by atoms with Gasteiger partial charge in [0, 0.05) is 49.9 Å². The summed E-state index contributed by atoms with van der Waals surface area (Å²) >= 11 is 3.43. The van der Waals surface area contributed by atoms with Crippen molar-refractivity contribution in [1.82, 2.24) is 15.0 Å². The number of hydrogen-bond donors (Lipinski definition) is 0. The molecule has 25 heavy (non-hydrogen) atoms. The molecule has 1 saturated heterocycles. The molecule has 1 aromatic carbocycles. The third-order valence-corrected chi connectivity index (χ3v) is 4.63. The van der Waals surface area contributed by atoms with Gasteiger partial charge in [0.1, 0.15) is 6.61 Å². The van der Waals surface area contributed by atoms with Crippen LogP contribution in [0.3, 0.4) is 0 Å². The highest BCUT2D eigenvalue weighted by atomic mass is 79.9. The Morgan fingerprint density at radius 2 is 2.12 bits per heavy atom. The normalized spacial score (nSPS) is 15.5. The Kier molecular flexibility index (Phi) is 5.61. The van der Waals surface area contributed by atoms with E-state index in [0.717, 1.165) is 36.3 Å². The zero-order valence-electron chi connectivity index (χ0n) is 13.7. The van der Waals surface area contributed by atoms with Gasteiger partial charge in [-0.3, -0.25) is 15.0 Å². The molecule has 134 valence electrons. The highest BCUT2D eigenvalue weighted by Gasteiger charge is 2.21. The first kappa shape index (κ1) is 17.8. The minimum atomic E-state index is -0.394. The molecule has 0 aliphatic carbocycles. The van der Waals surface area contributed by atoms with Crippen LogP contribution in [0.25, 0.3) is 0 Å².